The highest BCUT2D eigenvalue weighted by molar-refractivity contribution is 5.00. The lowest BCUT2D eigenvalue weighted by molar-refractivity contribution is 0.135. The van der Waals surface area contributed by atoms with Gasteiger partial charge >= 0.3 is 0 Å². The fourth-order valence-electron chi connectivity index (χ4n) is 5.30. The van der Waals surface area contributed by atoms with Crippen molar-refractivity contribution in [3.05, 3.63) is 0 Å². The second kappa shape index (κ2) is 5.04. The molecule has 0 spiro atoms. The summed E-state index contributed by atoms with van der Waals surface area (Å²) < 4.78 is 0. The van der Waals surface area contributed by atoms with Gasteiger partial charge in [0.25, 0.3) is 0 Å². The van der Waals surface area contributed by atoms with Gasteiger partial charge in [0.2, 0.25) is 0 Å². The van der Waals surface area contributed by atoms with E-state index >= 15 is 0 Å². The molecule has 2 aliphatic carbocycles. The van der Waals surface area contributed by atoms with Crippen molar-refractivity contribution in [2.45, 2.75) is 77.8 Å². The van der Waals surface area contributed by atoms with E-state index in [0.29, 0.717) is 10.8 Å². The molecule has 0 aromatic rings. The Morgan fingerprint density at radius 1 is 0.947 bits per heavy atom. The molecule has 4 fully saturated rings. The average Bonchev–Trinajstić information content (AvgIpc) is 2.78. The summed E-state index contributed by atoms with van der Waals surface area (Å²) in [4.78, 5) is 0. The molecule has 4 atom stereocenters. The molecule has 0 amide bonds. The van der Waals surface area contributed by atoms with Crippen LogP contribution < -0.4 is 10.6 Å². The second-order valence-electron chi connectivity index (χ2n) is 8.78. The quantitative estimate of drug-likeness (QED) is 0.701. The van der Waals surface area contributed by atoms with Gasteiger partial charge in [-0.1, -0.05) is 27.2 Å². The van der Waals surface area contributed by atoms with Gasteiger partial charge in [-0.25, -0.2) is 0 Å². The van der Waals surface area contributed by atoms with Crippen molar-refractivity contribution >= 4 is 0 Å². The summed E-state index contributed by atoms with van der Waals surface area (Å²) in [5.41, 5.74) is 1.20. The highest BCUT2D eigenvalue weighted by Gasteiger charge is 2.45. The molecule has 2 N–H and O–H groups in total. The van der Waals surface area contributed by atoms with E-state index in [9.17, 15) is 0 Å². The summed E-state index contributed by atoms with van der Waals surface area (Å²) in [6, 6.07) is 1.73. The zero-order valence-electron chi connectivity index (χ0n) is 13.1. The van der Waals surface area contributed by atoms with Gasteiger partial charge in [-0.15, -0.1) is 0 Å². The molecule has 19 heavy (non-hydrogen) atoms. The minimum Gasteiger partial charge on any atom is -0.314 e. The van der Waals surface area contributed by atoms with Crippen LogP contribution in [-0.2, 0) is 0 Å². The molecule has 2 nitrogen and oxygen atoms in total. The van der Waals surface area contributed by atoms with Gasteiger partial charge in [-0.05, 0) is 61.8 Å². The maximum Gasteiger partial charge on any atom is 0.00780 e. The molecule has 2 saturated heterocycles. The Morgan fingerprint density at radius 3 is 2.47 bits per heavy atom. The Kier molecular flexibility index (Phi) is 3.68. The van der Waals surface area contributed by atoms with Crippen molar-refractivity contribution in [1.82, 2.24) is 10.6 Å². The minimum atomic E-state index is 0.584. The summed E-state index contributed by atoms with van der Waals surface area (Å²) in [5.74, 6) is 1.05. The smallest absolute Gasteiger partial charge is 0.00780 e. The van der Waals surface area contributed by atoms with Crippen LogP contribution in [0, 0.1) is 16.7 Å². The van der Waals surface area contributed by atoms with E-state index in [4.69, 9.17) is 0 Å². The van der Waals surface area contributed by atoms with Crippen molar-refractivity contribution < 1.29 is 0 Å². The largest absolute Gasteiger partial charge is 0.314 e. The van der Waals surface area contributed by atoms with Crippen molar-refractivity contribution in [3.8, 4) is 0 Å². The number of nitrogens with one attached hydrogen (secondary N) is 2. The van der Waals surface area contributed by atoms with Crippen LogP contribution in [0.4, 0.5) is 0 Å². The highest BCUT2D eigenvalue weighted by Crippen LogP contribution is 2.48. The predicted molar refractivity (Wildman–Crippen MR) is 81.3 cm³/mol. The third kappa shape index (κ3) is 3.33. The Labute approximate surface area is 119 Å². The molecule has 2 aliphatic heterocycles. The van der Waals surface area contributed by atoms with E-state index in [1.165, 1.54) is 58.0 Å². The maximum atomic E-state index is 3.61. The number of rotatable bonds is 0. The Morgan fingerprint density at radius 2 is 1.79 bits per heavy atom. The standard InChI is InChI=1S/C10H19N.C7H13N/c1-9(2)4-8-5-10(3,6-9)7-11-8;1-2-6-4-7(3-1)8-5-6/h8,11H,4-7H2,1-3H3;6-8H,1-5H2. The van der Waals surface area contributed by atoms with Crippen LogP contribution in [-0.4, -0.2) is 25.2 Å². The zero-order chi connectivity index (χ0) is 13.5. The van der Waals surface area contributed by atoms with Crippen LogP contribution in [0.15, 0.2) is 0 Å². The van der Waals surface area contributed by atoms with Crippen LogP contribution >= 0.6 is 0 Å². The summed E-state index contributed by atoms with van der Waals surface area (Å²) in [6.07, 6.45) is 10.1. The fraction of sp³-hybridized carbons (Fsp3) is 1.00. The maximum absolute atomic E-state index is 3.61. The van der Waals surface area contributed by atoms with Crippen LogP contribution in [0.2, 0.25) is 0 Å². The molecule has 2 saturated carbocycles. The van der Waals surface area contributed by atoms with E-state index in [-0.39, 0.29) is 0 Å². The molecule has 4 unspecified atom stereocenters. The molecular weight excluding hydrogens is 232 g/mol. The van der Waals surface area contributed by atoms with E-state index in [2.05, 4.69) is 31.4 Å². The SMILES string of the molecule is C1CC2CNC(C1)C2.CC1(C)CC2CC(C)(CN2)C1. The van der Waals surface area contributed by atoms with E-state index in [0.717, 1.165) is 18.0 Å². The van der Waals surface area contributed by atoms with Gasteiger partial charge in [-0.2, -0.15) is 0 Å². The lowest BCUT2D eigenvalue weighted by Crippen LogP contribution is -2.33. The first kappa shape index (κ1) is 13.9. The van der Waals surface area contributed by atoms with Gasteiger partial charge in [0, 0.05) is 18.6 Å². The highest BCUT2D eigenvalue weighted by atomic mass is 15.0. The van der Waals surface area contributed by atoms with E-state index in [1.54, 1.807) is 0 Å². The first-order valence-electron chi connectivity index (χ1n) is 8.41. The Hall–Kier alpha value is -0.0800. The molecule has 4 aliphatic rings. The third-order valence-electron chi connectivity index (χ3n) is 5.74. The van der Waals surface area contributed by atoms with Gasteiger partial charge in [-0.3, -0.25) is 0 Å². The summed E-state index contributed by atoms with van der Waals surface area (Å²) in [7, 11) is 0. The van der Waals surface area contributed by atoms with Crippen molar-refractivity contribution in [2.24, 2.45) is 16.7 Å². The predicted octanol–water partition coefficient (Wildman–Crippen LogP) is 3.32. The first-order chi connectivity index (χ1) is 8.94. The summed E-state index contributed by atoms with van der Waals surface area (Å²) >= 11 is 0. The van der Waals surface area contributed by atoms with Gasteiger partial charge in [0.1, 0.15) is 0 Å². The van der Waals surface area contributed by atoms with E-state index < -0.39 is 0 Å². The van der Waals surface area contributed by atoms with Crippen LogP contribution in [0.25, 0.3) is 0 Å². The minimum absolute atomic E-state index is 0.584. The molecule has 4 bridgehead atoms. The second-order valence-corrected chi connectivity index (χ2v) is 8.78. The molecule has 110 valence electrons. The molecule has 0 aromatic carbocycles. The normalized spacial score (nSPS) is 46.6. The van der Waals surface area contributed by atoms with E-state index in [1.807, 2.05) is 0 Å². The van der Waals surface area contributed by atoms with Gasteiger partial charge in [0.15, 0.2) is 0 Å². The number of hydrogen-bond donors (Lipinski definition) is 2. The lowest BCUT2D eigenvalue weighted by atomic mass is 9.65. The molecule has 2 heteroatoms. The number of hydrogen-bond acceptors (Lipinski definition) is 2. The lowest BCUT2D eigenvalue weighted by Gasteiger charge is -2.39. The topological polar surface area (TPSA) is 24.1 Å². The van der Waals surface area contributed by atoms with Crippen LogP contribution in [0.5, 0.6) is 0 Å². The third-order valence-corrected chi connectivity index (χ3v) is 5.74. The van der Waals surface area contributed by atoms with Crippen LogP contribution in [0.1, 0.15) is 65.7 Å². The van der Waals surface area contributed by atoms with Crippen molar-refractivity contribution in [3.63, 3.8) is 0 Å². The molecule has 0 aromatic heterocycles. The zero-order valence-corrected chi connectivity index (χ0v) is 13.1. The monoisotopic (exact) mass is 264 g/mol. The first-order valence-corrected chi connectivity index (χ1v) is 8.41. The summed E-state index contributed by atoms with van der Waals surface area (Å²) in [6.45, 7) is 9.81. The molecular formula is C17H32N2. The number of fused-ring (bicyclic) bond motifs is 4. The van der Waals surface area contributed by atoms with Crippen molar-refractivity contribution in [2.75, 3.05) is 13.1 Å². The van der Waals surface area contributed by atoms with Gasteiger partial charge < -0.3 is 10.6 Å². The summed E-state index contributed by atoms with van der Waals surface area (Å²) in [5, 5.41) is 7.13. The van der Waals surface area contributed by atoms with Gasteiger partial charge in [0.05, 0.1) is 0 Å². The fourth-order valence-corrected chi connectivity index (χ4v) is 5.30. The Bertz CT molecular complexity index is 311. The molecule has 4 rings (SSSR count). The van der Waals surface area contributed by atoms with Crippen molar-refractivity contribution in [1.29, 1.82) is 0 Å². The molecule has 2 heterocycles. The average molecular weight is 264 g/mol. The van der Waals surface area contributed by atoms with Crippen LogP contribution in [0.3, 0.4) is 0 Å². The Balaban J connectivity index is 0.000000122. The molecule has 0 radical (unpaired) electrons.